The molecule has 0 unspecified atom stereocenters. The Labute approximate surface area is 83.6 Å². The van der Waals surface area contributed by atoms with Crippen LogP contribution in [0.15, 0.2) is 12.3 Å². The molecule has 2 rings (SSSR count). The third-order valence-electron chi connectivity index (χ3n) is 2.79. The zero-order chi connectivity index (χ0) is 9.80. The molecule has 0 atom stereocenters. The molecule has 1 aliphatic carbocycles. The lowest BCUT2D eigenvalue weighted by Gasteiger charge is -2.06. The van der Waals surface area contributed by atoms with Crippen molar-refractivity contribution in [1.82, 2.24) is 9.97 Å². The highest BCUT2D eigenvalue weighted by Gasteiger charge is 2.16. The monoisotopic (exact) mass is 190 g/mol. The molecule has 74 valence electrons. The number of carbonyl (C=O) groups excluding carboxylic acids is 1. The van der Waals surface area contributed by atoms with Gasteiger partial charge < -0.3 is 0 Å². The lowest BCUT2D eigenvalue weighted by molar-refractivity contribution is 0.111. The molecule has 0 N–H and O–H groups in total. The van der Waals surface area contributed by atoms with Gasteiger partial charge in [-0.1, -0.05) is 25.7 Å². The lowest BCUT2D eigenvalue weighted by atomic mass is 10.0. The summed E-state index contributed by atoms with van der Waals surface area (Å²) in [6.07, 6.45) is 8.61. The van der Waals surface area contributed by atoms with Crippen molar-refractivity contribution in [2.45, 2.75) is 32.1 Å². The Morgan fingerprint density at radius 2 is 2.21 bits per heavy atom. The molecule has 0 amide bonds. The number of aldehydes is 1. The molecule has 0 radical (unpaired) electrons. The van der Waals surface area contributed by atoms with E-state index < -0.39 is 0 Å². The summed E-state index contributed by atoms with van der Waals surface area (Å²) in [5.41, 5.74) is 0.494. The predicted octanol–water partition coefficient (Wildman–Crippen LogP) is 2.02. The first kappa shape index (κ1) is 9.31. The van der Waals surface area contributed by atoms with Gasteiger partial charge in [-0.15, -0.1) is 0 Å². The maximum Gasteiger partial charge on any atom is 0.168 e. The van der Waals surface area contributed by atoms with Gasteiger partial charge >= 0.3 is 0 Å². The first-order valence-electron chi connectivity index (χ1n) is 5.15. The highest BCUT2D eigenvalue weighted by Crippen LogP contribution is 2.26. The SMILES string of the molecule is O=Cc1ccnc(CC2CCCC2)n1. The summed E-state index contributed by atoms with van der Waals surface area (Å²) in [6.45, 7) is 0. The Balaban J connectivity index is 2.04. The van der Waals surface area contributed by atoms with Crippen LogP contribution in [0.2, 0.25) is 0 Å². The molecule has 14 heavy (non-hydrogen) atoms. The smallest absolute Gasteiger partial charge is 0.168 e. The summed E-state index contributed by atoms with van der Waals surface area (Å²) in [7, 11) is 0. The largest absolute Gasteiger partial charge is 0.296 e. The van der Waals surface area contributed by atoms with Crippen LogP contribution in [0.3, 0.4) is 0 Å². The van der Waals surface area contributed by atoms with Gasteiger partial charge in [0.15, 0.2) is 6.29 Å². The van der Waals surface area contributed by atoms with E-state index in [1.165, 1.54) is 25.7 Å². The molecular weight excluding hydrogens is 176 g/mol. The molecule has 1 aromatic heterocycles. The summed E-state index contributed by atoms with van der Waals surface area (Å²) in [5.74, 6) is 1.55. The average molecular weight is 190 g/mol. The molecule has 1 fully saturated rings. The summed E-state index contributed by atoms with van der Waals surface area (Å²) in [4.78, 5) is 18.9. The van der Waals surface area contributed by atoms with Crippen molar-refractivity contribution in [2.24, 2.45) is 5.92 Å². The van der Waals surface area contributed by atoms with Crippen LogP contribution in [0.1, 0.15) is 42.0 Å². The zero-order valence-corrected chi connectivity index (χ0v) is 8.15. The van der Waals surface area contributed by atoms with Crippen molar-refractivity contribution in [3.8, 4) is 0 Å². The van der Waals surface area contributed by atoms with Crippen molar-refractivity contribution >= 4 is 6.29 Å². The fourth-order valence-electron chi connectivity index (χ4n) is 2.05. The second-order valence-corrected chi connectivity index (χ2v) is 3.87. The van der Waals surface area contributed by atoms with E-state index in [0.717, 1.165) is 24.4 Å². The second-order valence-electron chi connectivity index (χ2n) is 3.87. The van der Waals surface area contributed by atoms with Gasteiger partial charge in [-0.05, 0) is 12.0 Å². The molecule has 1 aliphatic rings. The minimum Gasteiger partial charge on any atom is -0.296 e. The van der Waals surface area contributed by atoms with Crippen LogP contribution in [0, 0.1) is 5.92 Å². The molecule has 1 saturated carbocycles. The third-order valence-corrected chi connectivity index (χ3v) is 2.79. The van der Waals surface area contributed by atoms with Gasteiger partial charge in [-0.3, -0.25) is 4.79 Å². The van der Waals surface area contributed by atoms with Crippen LogP contribution >= 0.6 is 0 Å². The number of aromatic nitrogens is 2. The fourth-order valence-corrected chi connectivity index (χ4v) is 2.05. The van der Waals surface area contributed by atoms with Crippen LogP contribution in [0.4, 0.5) is 0 Å². The molecule has 1 aromatic rings. The van der Waals surface area contributed by atoms with Crippen molar-refractivity contribution in [3.05, 3.63) is 23.8 Å². The Morgan fingerprint density at radius 3 is 2.93 bits per heavy atom. The summed E-state index contributed by atoms with van der Waals surface area (Å²) < 4.78 is 0. The van der Waals surface area contributed by atoms with Crippen LogP contribution < -0.4 is 0 Å². The molecule has 0 aromatic carbocycles. The molecule has 0 spiro atoms. The molecule has 1 heterocycles. The Bertz CT molecular complexity index is 319. The molecule has 0 bridgehead atoms. The number of carbonyl (C=O) groups is 1. The Kier molecular flexibility index (Phi) is 2.87. The molecule has 0 aliphatic heterocycles. The molecule has 3 nitrogen and oxygen atoms in total. The fraction of sp³-hybridized carbons (Fsp3) is 0.545. The van der Waals surface area contributed by atoms with Crippen LogP contribution in [-0.4, -0.2) is 16.3 Å². The summed E-state index contributed by atoms with van der Waals surface area (Å²) >= 11 is 0. The zero-order valence-electron chi connectivity index (χ0n) is 8.15. The van der Waals surface area contributed by atoms with E-state index >= 15 is 0 Å². The summed E-state index contributed by atoms with van der Waals surface area (Å²) in [5, 5.41) is 0. The minimum absolute atomic E-state index is 0.494. The highest BCUT2D eigenvalue weighted by atomic mass is 16.1. The van der Waals surface area contributed by atoms with Crippen LogP contribution in [0.25, 0.3) is 0 Å². The van der Waals surface area contributed by atoms with Crippen LogP contribution in [0.5, 0.6) is 0 Å². The third kappa shape index (κ3) is 2.16. The van der Waals surface area contributed by atoms with Gasteiger partial charge in [-0.2, -0.15) is 0 Å². The Hall–Kier alpha value is -1.25. The van der Waals surface area contributed by atoms with E-state index in [4.69, 9.17) is 0 Å². The first-order chi connectivity index (χ1) is 6.88. The van der Waals surface area contributed by atoms with Crippen molar-refractivity contribution in [2.75, 3.05) is 0 Å². The minimum atomic E-state index is 0.494. The maximum absolute atomic E-state index is 10.5. The predicted molar refractivity (Wildman–Crippen MR) is 53.1 cm³/mol. The van der Waals surface area contributed by atoms with Gasteiger partial charge in [0.2, 0.25) is 0 Å². The van der Waals surface area contributed by atoms with E-state index in [0.29, 0.717) is 5.69 Å². The summed E-state index contributed by atoms with van der Waals surface area (Å²) in [6, 6.07) is 1.64. The molecule has 0 saturated heterocycles. The maximum atomic E-state index is 10.5. The molecular formula is C11H14N2O. The van der Waals surface area contributed by atoms with Crippen molar-refractivity contribution in [3.63, 3.8) is 0 Å². The van der Waals surface area contributed by atoms with Gasteiger partial charge in [0.05, 0.1) is 0 Å². The first-order valence-corrected chi connectivity index (χ1v) is 5.15. The topological polar surface area (TPSA) is 42.9 Å². The number of nitrogens with zero attached hydrogens (tertiary/aromatic N) is 2. The lowest BCUT2D eigenvalue weighted by Crippen LogP contribution is -2.04. The van der Waals surface area contributed by atoms with Crippen molar-refractivity contribution in [1.29, 1.82) is 0 Å². The second kappa shape index (κ2) is 4.31. The van der Waals surface area contributed by atoms with Crippen LogP contribution in [-0.2, 0) is 6.42 Å². The number of hydrogen-bond acceptors (Lipinski definition) is 3. The molecule has 3 heteroatoms. The van der Waals surface area contributed by atoms with Gasteiger partial charge in [0.1, 0.15) is 11.5 Å². The number of hydrogen-bond donors (Lipinski definition) is 0. The number of rotatable bonds is 3. The Morgan fingerprint density at radius 1 is 1.43 bits per heavy atom. The van der Waals surface area contributed by atoms with E-state index in [1.54, 1.807) is 12.3 Å². The standard InChI is InChI=1S/C11H14N2O/c14-8-10-5-6-12-11(13-10)7-9-3-1-2-4-9/h5-6,8-9H,1-4,7H2. The van der Waals surface area contributed by atoms with E-state index in [2.05, 4.69) is 9.97 Å². The quantitative estimate of drug-likeness (QED) is 0.685. The van der Waals surface area contributed by atoms with Crippen molar-refractivity contribution < 1.29 is 4.79 Å². The normalized spacial score (nSPS) is 17.1. The van der Waals surface area contributed by atoms with E-state index in [-0.39, 0.29) is 0 Å². The highest BCUT2D eigenvalue weighted by molar-refractivity contribution is 5.71. The van der Waals surface area contributed by atoms with Gasteiger partial charge in [-0.25, -0.2) is 9.97 Å². The average Bonchev–Trinajstić information content (AvgIpc) is 2.71. The van der Waals surface area contributed by atoms with E-state index in [9.17, 15) is 4.79 Å². The van der Waals surface area contributed by atoms with Gasteiger partial charge in [0.25, 0.3) is 0 Å². The van der Waals surface area contributed by atoms with Gasteiger partial charge in [0, 0.05) is 12.6 Å². The van der Waals surface area contributed by atoms with E-state index in [1.807, 2.05) is 0 Å².